The molecule has 3 N–H and O–H groups in total. The molecule has 0 spiro atoms. The zero-order valence-corrected chi connectivity index (χ0v) is 8.42. The van der Waals surface area contributed by atoms with Crippen LogP contribution in [0.25, 0.3) is 0 Å². The topological polar surface area (TPSA) is 55.1 Å². The van der Waals surface area contributed by atoms with Crippen molar-refractivity contribution in [3.05, 3.63) is 0 Å². The highest BCUT2D eigenvalue weighted by atomic mass is 16.2. The largest absolute Gasteiger partial charge is 0.353 e. The number of hydrogen-bond donors (Lipinski definition) is 2. The number of amides is 1. The third kappa shape index (κ3) is 3.72. The van der Waals surface area contributed by atoms with Crippen LogP contribution in [-0.4, -0.2) is 18.0 Å². The molecule has 0 bridgehead atoms. The Labute approximate surface area is 74.7 Å². The van der Waals surface area contributed by atoms with E-state index in [1.54, 1.807) is 0 Å². The van der Waals surface area contributed by atoms with E-state index in [1.807, 2.05) is 27.7 Å². The first kappa shape index (κ1) is 11.4. The highest BCUT2D eigenvalue weighted by molar-refractivity contribution is 5.81. The lowest BCUT2D eigenvalue weighted by molar-refractivity contribution is -0.123. The summed E-state index contributed by atoms with van der Waals surface area (Å²) in [6.45, 7) is 7.89. The Morgan fingerprint density at radius 2 is 1.92 bits per heavy atom. The summed E-state index contributed by atoms with van der Waals surface area (Å²) in [7, 11) is 0. The summed E-state index contributed by atoms with van der Waals surface area (Å²) in [6, 6.07) is -0.190. The number of nitrogens with one attached hydrogen (secondary N) is 1. The maximum absolute atomic E-state index is 11.3. The average Bonchev–Trinajstić information content (AvgIpc) is 2.00. The smallest absolute Gasteiger partial charge is 0.237 e. The van der Waals surface area contributed by atoms with Crippen LogP contribution in [0.4, 0.5) is 0 Å². The molecule has 0 saturated carbocycles. The van der Waals surface area contributed by atoms with E-state index in [2.05, 4.69) is 5.32 Å². The van der Waals surface area contributed by atoms with Gasteiger partial charge in [-0.05, 0) is 19.8 Å². The van der Waals surface area contributed by atoms with E-state index in [1.165, 1.54) is 0 Å². The SMILES string of the molecule is CC[C@H](C)C(N)C(=O)NC(C)C. The van der Waals surface area contributed by atoms with Crippen LogP contribution in [-0.2, 0) is 4.79 Å². The molecule has 0 fully saturated rings. The Balaban J connectivity index is 3.92. The summed E-state index contributed by atoms with van der Waals surface area (Å²) in [4.78, 5) is 11.3. The monoisotopic (exact) mass is 172 g/mol. The summed E-state index contributed by atoms with van der Waals surface area (Å²) in [5.41, 5.74) is 5.71. The maximum Gasteiger partial charge on any atom is 0.237 e. The summed E-state index contributed by atoms with van der Waals surface area (Å²) < 4.78 is 0. The molecule has 0 aromatic rings. The van der Waals surface area contributed by atoms with Crippen molar-refractivity contribution in [3.63, 3.8) is 0 Å². The van der Waals surface area contributed by atoms with Crippen LogP contribution in [0.2, 0.25) is 0 Å². The number of rotatable bonds is 4. The van der Waals surface area contributed by atoms with Gasteiger partial charge < -0.3 is 11.1 Å². The van der Waals surface area contributed by atoms with Gasteiger partial charge in [0, 0.05) is 6.04 Å². The van der Waals surface area contributed by atoms with Gasteiger partial charge in [-0.1, -0.05) is 20.3 Å². The van der Waals surface area contributed by atoms with Gasteiger partial charge in [0.25, 0.3) is 0 Å². The van der Waals surface area contributed by atoms with Crippen LogP contribution in [0.1, 0.15) is 34.1 Å². The predicted octanol–water partition coefficient (Wildman–Crippen LogP) is 0.884. The van der Waals surface area contributed by atoms with Crippen LogP contribution in [0, 0.1) is 5.92 Å². The third-order valence-corrected chi connectivity index (χ3v) is 1.99. The van der Waals surface area contributed by atoms with Gasteiger partial charge in [-0.15, -0.1) is 0 Å². The molecule has 0 aliphatic heterocycles. The molecule has 0 saturated heterocycles. The lowest BCUT2D eigenvalue weighted by Crippen LogP contribution is -2.46. The zero-order chi connectivity index (χ0) is 9.72. The normalized spacial score (nSPS) is 15.8. The van der Waals surface area contributed by atoms with Gasteiger partial charge in [0.15, 0.2) is 0 Å². The van der Waals surface area contributed by atoms with E-state index >= 15 is 0 Å². The molecule has 3 heteroatoms. The minimum atomic E-state index is -0.364. The van der Waals surface area contributed by atoms with Gasteiger partial charge in [-0.2, -0.15) is 0 Å². The van der Waals surface area contributed by atoms with Gasteiger partial charge in [0.05, 0.1) is 6.04 Å². The molecule has 0 aromatic carbocycles. The number of carbonyl (C=O) groups is 1. The Kier molecular flexibility index (Phi) is 4.90. The maximum atomic E-state index is 11.3. The molecular formula is C9H20N2O. The highest BCUT2D eigenvalue weighted by Crippen LogP contribution is 2.05. The fourth-order valence-electron chi connectivity index (χ4n) is 0.893. The molecule has 1 amide bonds. The van der Waals surface area contributed by atoms with Crippen LogP contribution < -0.4 is 11.1 Å². The van der Waals surface area contributed by atoms with E-state index in [9.17, 15) is 4.79 Å². The highest BCUT2D eigenvalue weighted by Gasteiger charge is 2.19. The predicted molar refractivity (Wildman–Crippen MR) is 50.7 cm³/mol. The van der Waals surface area contributed by atoms with E-state index in [4.69, 9.17) is 5.73 Å². The molecule has 0 aromatic heterocycles. The molecule has 3 nitrogen and oxygen atoms in total. The van der Waals surface area contributed by atoms with Crippen LogP contribution >= 0.6 is 0 Å². The van der Waals surface area contributed by atoms with E-state index < -0.39 is 0 Å². The van der Waals surface area contributed by atoms with Gasteiger partial charge in [0.1, 0.15) is 0 Å². The second-order valence-electron chi connectivity index (χ2n) is 3.57. The van der Waals surface area contributed by atoms with Crippen molar-refractivity contribution < 1.29 is 4.79 Å². The van der Waals surface area contributed by atoms with Gasteiger partial charge >= 0.3 is 0 Å². The van der Waals surface area contributed by atoms with E-state index in [0.29, 0.717) is 0 Å². The number of carbonyl (C=O) groups excluding carboxylic acids is 1. The molecule has 0 heterocycles. The summed E-state index contributed by atoms with van der Waals surface area (Å²) in [6.07, 6.45) is 0.937. The quantitative estimate of drug-likeness (QED) is 0.661. The lowest BCUT2D eigenvalue weighted by Gasteiger charge is -2.19. The van der Waals surface area contributed by atoms with Crippen molar-refractivity contribution >= 4 is 5.91 Å². The van der Waals surface area contributed by atoms with Crippen molar-refractivity contribution in [1.29, 1.82) is 0 Å². The molecule has 2 atom stereocenters. The van der Waals surface area contributed by atoms with Gasteiger partial charge in [-0.3, -0.25) is 4.79 Å². The number of hydrogen-bond acceptors (Lipinski definition) is 2. The first-order valence-electron chi connectivity index (χ1n) is 4.55. The van der Waals surface area contributed by atoms with Crippen LogP contribution in [0.15, 0.2) is 0 Å². The fraction of sp³-hybridized carbons (Fsp3) is 0.889. The minimum Gasteiger partial charge on any atom is -0.353 e. The van der Waals surface area contributed by atoms with Crippen molar-refractivity contribution in [2.45, 2.75) is 46.2 Å². The molecule has 0 radical (unpaired) electrons. The van der Waals surface area contributed by atoms with Crippen LogP contribution in [0.3, 0.4) is 0 Å². The van der Waals surface area contributed by atoms with Gasteiger partial charge in [0.2, 0.25) is 5.91 Å². The van der Waals surface area contributed by atoms with Gasteiger partial charge in [-0.25, -0.2) is 0 Å². The average molecular weight is 172 g/mol. The Hall–Kier alpha value is -0.570. The molecule has 72 valence electrons. The Morgan fingerprint density at radius 1 is 1.42 bits per heavy atom. The first-order chi connectivity index (χ1) is 5.49. The van der Waals surface area contributed by atoms with Crippen LogP contribution in [0.5, 0.6) is 0 Å². The van der Waals surface area contributed by atoms with E-state index in [-0.39, 0.29) is 23.9 Å². The van der Waals surface area contributed by atoms with Crippen molar-refractivity contribution in [2.75, 3.05) is 0 Å². The van der Waals surface area contributed by atoms with Crippen molar-refractivity contribution in [1.82, 2.24) is 5.32 Å². The summed E-state index contributed by atoms with van der Waals surface area (Å²) in [5, 5.41) is 2.79. The third-order valence-electron chi connectivity index (χ3n) is 1.99. The standard InChI is InChI=1S/C9H20N2O/c1-5-7(4)8(10)9(12)11-6(2)3/h6-8H,5,10H2,1-4H3,(H,11,12)/t7-,8?/m0/s1. The second-order valence-corrected chi connectivity index (χ2v) is 3.57. The molecule has 0 rings (SSSR count). The Morgan fingerprint density at radius 3 is 2.25 bits per heavy atom. The zero-order valence-electron chi connectivity index (χ0n) is 8.42. The fourth-order valence-corrected chi connectivity index (χ4v) is 0.893. The molecule has 12 heavy (non-hydrogen) atoms. The number of nitrogens with two attached hydrogens (primary N) is 1. The second kappa shape index (κ2) is 5.14. The first-order valence-corrected chi connectivity index (χ1v) is 4.55. The van der Waals surface area contributed by atoms with Crippen molar-refractivity contribution in [3.8, 4) is 0 Å². The minimum absolute atomic E-state index is 0.0423. The summed E-state index contributed by atoms with van der Waals surface area (Å²) in [5.74, 6) is 0.211. The summed E-state index contributed by atoms with van der Waals surface area (Å²) >= 11 is 0. The molecule has 1 unspecified atom stereocenters. The molecular weight excluding hydrogens is 152 g/mol. The molecule has 0 aliphatic rings. The lowest BCUT2D eigenvalue weighted by atomic mass is 9.99. The Bertz CT molecular complexity index is 145. The molecule has 0 aliphatic carbocycles. The van der Waals surface area contributed by atoms with E-state index in [0.717, 1.165) is 6.42 Å². The van der Waals surface area contributed by atoms with Crippen molar-refractivity contribution in [2.24, 2.45) is 11.7 Å².